The first kappa shape index (κ1) is 21.6. The normalized spacial score (nSPS) is 15.5. The molecule has 164 valence electrons. The Morgan fingerprint density at radius 1 is 1.03 bits per heavy atom. The van der Waals surface area contributed by atoms with Gasteiger partial charge in [0.1, 0.15) is 0 Å². The Bertz CT molecular complexity index is 1250. The molecule has 0 bridgehead atoms. The highest BCUT2D eigenvalue weighted by Gasteiger charge is 2.29. The first-order chi connectivity index (χ1) is 14.8. The molecular formula is C21H22ClN3O5S. The summed E-state index contributed by atoms with van der Waals surface area (Å²) in [5, 5.41) is 0.463. The average Bonchev–Trinajstić information content (AvgIpc) is 3.06. The number of carbonyl (C=O) groups excluding carboxylic acids is 1. The number of hydrogen-bond donors (Lipinski definition) is 0. The summed E-state index contributed by atoms with van der Waals surface area (Å²) in [4.78, 5) is 26.4. The van der Waals surface area contributed by atoms with Gasteiger partial charge in [0.2, 0.25) is 15.9 Å². The molecule has 1 fully saturated rings. The lowest BCUT2D eigenvalue weighted by Gasteiger charge is -2.34. The van der Waals surface area contributed by atoms with Crippen LogP contribution >= 0.6 is 11.6 Å². The third kappa shape index (κ3) is 4.84. The second-order valence-corrected chi connectivity index (χ2v) is 9.81. The topological polar surface area (TPSA) is 92.8 Å². The number of amides is 1. The van der Waals surface area contributed by atoms with Gasteiger partial charge < -0.3 is 9.32 Å². The van der Waals surface area contributed by atoms with E-state index in [0.717, 1.165) is 5.56 Å². The average molecular weight is 464 g/mol. The van der Waals surface area contributed by atoms with Gasteiger partial charge >= 0.3 is 5.76 Å². The van der Waals surface area contributed by atoms with Crippen LogP contribution in [0.4, 0.5) is 0 Å². The number of carbonyl (C=O) groups is 1. The minimum absolute atomic E-state index is 0.0533. The number of oxazole rings is 1. The fraction of sp³-hybridized carbons (Fsp3) is 0.333. The van der Waals surface area contributed by atoms with E-state index in [4.69, 9.17) is 16.0 Å². The van der Waals surface area contributed by atoms with Crippen LogP contribution in [0.1, 0.15) is 12.0 Å². The molecule has 1 saturated heterocycles. The number of aryl methyl sites for hydroxylation is 1. The number of fused-ring (bicyclic) bond motifs is 1. The van der Waals surface area contributed by atoms with Crippen LogP contribution in [-0.4, -0.2) is 54.3 Å². The van der Waals surface area contributed by atoms with Crippen LogP contribution in [0.3, 0.4) is 0 Å². The number of piperazine rings is 1. The summed E-state index contributed by atoms with van der Waals surface area (Å²) < 4.78 is 33.3. The lowest BCUT2D eigenvalue weighted by molar-refractivity contribution is -0.132. The minimum atomic E-state index is -3.44. The van der Waals surface area contributed by atoms with E-state index in [9.17, 15) is 18.0 Å². The monoisotopic (exact) mass is 463 g/mol. The SMILES string of the molecule is O=C(CCn1c(=O)oc2cc(Cl)ccc21)N1CCN(S(=O)(=O)Cc2ccccc2)CC1. The van der Waals surface area contributed by atoms with Crippen LogP contribution in [0.2, 0.25) is 5.02 Å². The van der Waals surface area contributed by atoms with E-state index < -0.39 is 15.8 Å². The fourth-order valence-corrected chi connectivity index (χ4v) is 5.39. The maximum absolute atomic E-state index is 12.7. The Balaban J connectivity index is 1.34. The van der Waals surface area contributed by atoms with Gasteiger partial charge in [-0.2, -0.15) is 4.31 Å². The summed E-state index contributed by atoms with van der Waals surface area (Å²) in [6.45, 7) is 1.34. The first-order valence-electron chi connectivity index (χ1n) is 9.92. The molecule has 0 atom stereocenters. The molecule has 1 aromatic heterocycles. The molecule has 31 heavy (non-hydrogen) atoms. The van der Waals surface area contributed by atoms with Crippen molar-refractivity contribution in [2.24, 2.45) is 0 Å². The van der Waals surface area contributed by atoms with Gasteiger partial charge in [-0.25, -0.2) is 13.2 Å². The van der Waals surface area contributed by atoms with Crippen LogP contribution < -0.4 is 5.76 Å². The summed E-state index contributed by atoms with van der Waals surface area (Å²) in [5.74, 6) is -0.723. The second-order valence-electron chi connectivity index (χ2n) is 7.40. The highest BCUT2D eigenvalue weighted by atomic mass is 35.5. The summed E-state index contributed by atoms with van der Waals surface area (Å²) >= 11 is 5.92. The van der Waals surface area contributed by atoms with Crippen molar-refractivity contribution in [2.75, 3.05) is 26.2 Å². The van der Waals surface area contributed by atoms with Gasteiger partial charge in [-0.3, -0.25) is 9.36 Å². The predicted octanol–water partition coefficient (Wildman–Crippen LogP) is 2.31. The molecule has 0 spiro atoms. The van der Waals surface area contributed by atoms with Crippen molar-refractivity contribution in [2.45, 2.75) is 18.7 Å². The summed E-state index contributed by atoms with van der Waals surface area (Å²) in [5.41, 5.74) is 1.70. The van der Waals surface area contributed by atoms with Crippen molar-refractivity contribution in [3.05, 3.63) is 69.7 Å². The van der Waals surface area contributed by atoms with Crippen LogP contribution in [-0.2, 0) is 27.1 Å². The van der Waals surface area contributed by atoms with E-state index in [-0.39, 0.29) is 37.7 Å². The lowest BCUT2D eigenvalue weighted by Crippen LogP contribution is -2.50. The molecule has 3 aromatic rings. The number of benzene rings is 2. The van der Waals surface area contributed by atoms with Gasteiger partial charge in [0.25, 0.3) is 0 Å². The molecule has 1 amide bonds. The number of halogens is 1. The number of nitrogens with zero attached hydrogens (tertiary/aromatic N) is 3. The summed E-state index contributed by atoms with van der Waals surface area (Å²) in [7, 11) is -3.44. The molecule has 4 rings (SSSR count). The number of hydrogen-bond acceptors (Lipinski definition) is 5. The molecule has 2 heterocycles. The van der Waals surface area contributed by atoms with E-state index in [1.807, 2.05) is 18.2 Å². The van der Waals surface area contributed by atoms with E-state index in [0.29, 0.717) is 29.2 Å². The quantitative estimate of drug-likeness (QED) is 0.559. The Morgan fingerprint density at radius 3 is 2.45 bits per heavy atom. The van der Waals surface area contributed by atoms with Gasteiger partial charge in [-0.05, 0) is 17.7 Å². The zero-order valence-electron chi connectivity index (χ0n) is 16.7. The Labute approximate surface area is 184 Å². The predicted molar refractivity (Wildman–Crippen MR) is 117 cm³/mol. The van der Waals surface area contributed by atoms with Crippen molar-refractivity contribution in [1.29, 1.82) is 0 Å². The van der Waals surface area contributed by atoms with Crippen LogP contribution in [0.15, 0.2) is 57.7 Å². The van der Waals surface area contributed by atoms with E-state index in [1.165, 1.54) is 8.87 Å². The van der Waals surface area contributed by atoms with E-state index in [1.54, 1.807) is 35.2 Å². The van der Waals surface area contributed by atoms with Crippen LogP contribution in [0.25, 0.3) is 11.1 Å². The fourth-order valence-electron chi connectivity index (χ4n) is 3.71. The smallest absolute Gasteiger partial charge is 0.408 e. The van der Waals surface area contributed by atoms with Gasteiger partial charge in [0, 0.05) is 50.2 Å². The Hall–Kier alpha value is -2.62. The molecule has 0 saturated carbocycles. The first-order valence-corrected chi connectivity index (χ1v) is 11.9. The molecule has 1 aliphatic heterocycles. The molecule has 10 heteroatoms. The summed E-state index contributed by atoms with van der Waals surface area (Å²) in [6.07, 6.45) is 0.119. The van der Waals surface area contributed by atoms with Gasteiger partial charge in [-0.1, -0.05) is 41.9 Å². The number of rotatable bonds is 6. The van der Waals surface area contributed by atoms with Gasteiger partial charge in [0.15, 0.2) is 5.58 Å². The van der Waals surface area contributed by atoms with Crippen LogP contribution in [0, 0.1) is 0 Å². The van der Waals surface area contributed by atoms with Crippen LogP contribution in [0.5, 0.6) is 0 Å². The number of aromatic nitrogens is 1. The minimum Gasteiger partial charge on any atom is -0.408 e. The molecular weight excluding hydrogens is 442 g/mol. The van der Waals surface area contributed by atoms with Crippen molar-refractivity contribution in [3.63, 3.8) is 0 Å². The van der Waals surface area contributed by atoms with E-state index in [2.05, 4.69) is 0 Å². The molecule has 8 nitrogen and oxygen atoms in total. The zero-order valence-corrected chi connectivity index (χ0v) is 18.3. The highest BCUT2D eigenvalue weighted by Crippen LogP contribution is 2.19. The molecule has 0 N–H and O–H groups in total. The van der Waals surface area contributed by atoms with Crippen molar-refractivity contribution >= 4 is 38.6 Å². The largest absolute Gasteiger partial charge is 0.419 e. The molecule has 1 aliphatic rings. The van der Waals surface area contributed by atoms with Crippen molar-refractivity contribution in [1.82, 2.24) is 13.8 Å². The lowest BCUT2D eigenvalue weighted by atomic mass is 10.2. The maximum Gasteiger partial charge on any atom is 0.419 e. The Morgan fingerprint density at radius 2 is 1.74 bits per heavy atom. The molecule has 0 radical (unpaired) electrons. The van der Waals surface area contributed by atoms with E-state index >= 15 is 0 Å². The van der Waals surface area contributed by atoms with Crippen molar-refractivity contribution < 1.29 is 17.6 Å². The standard InChI is InChI=1S/C21H22ClN3O5S/c22-17-6-7-18-19(14-17)30-21(27)25(18)9-8-20(26)23-10-12-24(13-11-23)31(28,29)15-16-4-2-1-3-5-16/h1-7,14H,8-13,15H2. The molecule has 0 unspecified atom stereocenters. The van der Waals surface area contributed by atoms with Gasteiger partial charge in [-0.15, -0.1) is 0 Å². The third-order valence-corrected chi connectivity index (χ3v) is 7.44. The number of sulfonamides is 1. The summed E-state index contributed by atoms with van der Waals surface area (Å²) in [6, 6.07) is 13.9. The maximum atomic E-state index is 12.7. The zero-order chi connectivity index (χ0) is 22.0. The molecule has 0 aliphatic carbocycles. The van der Waals surface area contributed by atoms with Crippen molar-refractivity contribution in [3.8, 4) is 0 Å². The third-order valence-electron chi connectivity index (χ3n) is 5.36. The molecule has 2 aromatic carbocycles. The van der Waals surface area contributed by atoms with Gasteiger partial charge in [0.05, 0.1) is 11.3 Å². The Kier molecular flexibility index (Phi) is 6.17. The highest BCUT2D eigenvalue weighted by molar-refractivity contribution is 7.88. The second kappa shape index (κ2) is 8.86.